The predicted octanol–water partition coefficient (Wildman–Crippen LogP) is 3.65. The normalized spacial score (nSPS) is 9.92. The van der Waals surface area contributed by atoms with Crippen LogP contribution >= 0.6 is 0 Å². The van der Waals surface area contributed by atoms with Gasteiger partial charge in [0.1, 0.15) is 0 Å². The van der Waals surface area contributed by atoms with E-state index in [-0.39, 0.29) is 83.9 Å². The van der Waals surface area contributed by atoms with Crippen molar-refractivity contribution in [1.29, 1.82) is 0 Å². The third kappa shape index (κ3) is 21.1. The summed E-state index contributed by atoms with van der Waals surface area (Å²) in [7, 11) is 0. The maximum absolute atomic E-state index is 11.3. The van der Waals surface area contributed by atoms with E-state index in [2.05, 4.69) is 6.92 Å². The fourth-order valence-corrected chi connectivity index (χ4v) is 2.19. The quantitative estimate of drug-likeness (QED) is 0.248. The fourth-order valence-electron chi connectivity index (χ4n) is 2.19. The Morgan fingerprint density at radius 2 is 1.00 bits per heavy atom. The van der Waals surface area contributed by atoms with E-state index >= 15 is 0 Å². The molecule has 0 rings (SSSR count). The average molecular weight is 377 g/mol. The van der Waals surface area contributed by atoms with Crippen molar-refractivity contribution in [2.45, 2.75) is 97.8 Å². The molecule has 0 N–H and O–H groups in total. The molecule has 0 aliphatic rings. The molecule has 0 atom stereocenters. The molecule has 0 bridgehead atoms. The van der Waals surface area contributed by atoms with E-state index < -0.39 is 0 Å². The number of carbonyl (C=O) groups excluding carboxylic acids is 2. The fraction of sp³-hybridized carbons (Fsp3) is 0.889. The van der Waals surface area contributed by atoms with Crippen LogP contribution in [0.5, 0.6) is 0 Å². The van der Waals surface area contributed by atoms with Gasteiger partial charge in [-0.25, -0.2) is 0 Å². The van der Waals surface area contributed by atoms with Crippen molar-refractivity contribution >= 4 is 71.1 Å². The summed E-state index contributed by atoms with van der Waals surface area (Å²) in [5.41, 5.74) is 0. The van der Waals surface area contributed by atoms with Crippen LogP contribution in [-0.4, -0.2) is 82.8 Å². The summed E-state index contributed by atoms with van der Waals surface area (Å²) < 4.78 is 0. The Morgan fingerprint density at radius 1 is 0.640 bits per heavy atom. The first-order valence-electron chi connectivity index (χ1n) is 9.33. The van der Waals surface area contributed by atoms with E-state index in [1.165, 1.54) is 51.4 Å². The number of hydrogen-bond acceptors (Lipinski definition) is 5. The molecule has 0 saturated heterocycles. The van der Waals surface area contributed by atoms with Crippen molar-refractivity contribution < 1.29 is 19.3 Å². The molecule has 0 aromatic rings. The number of hydroxylamine groups is 2. The second-order valence-corrected chi connectivity index (χ2v) is 5.87. The molecular weight excluding hydrogens is 340 g/mol. The summed E-state index contributed by atoms with van der Waals surface area (Å²) in [5.74, 6) is -0.776. The first-order valence-corrected chi connectivity index (χ1v) is 9.33. The zero-order valence-corrected chi connectivity index (χ0v) is 15.3. The minimum absolute atomic E-state index is 0. The molecule has 0 aromatic carbocycles. The number of unbranched alkanes of at least 4 members (excludes halogenated alkanes) is 9. The molecule has 25 heavy (non-hydrogen) atoms. The van der Waals surface area contributed by atoms with Gasteiger partial charge in [0.15, 0.2) is 0 Å². The minimum atomic E-state index is -0.388. The Morgan fingerprint density at radius 3 is 1.36 bits per heavy atom. The van der Waals surface area contributed by atoms with Crippen molar-refractivity contribution in [2.24, 2.45) is 0 Å². The molecule has 140 valence electrons. The number of nitrogens with zero attached hydrogens (tertiary/aromatic N) is 1. The number of rotatable bonds is 15. The van der Waals surface area contributed by atoms with Crippen LogP contribution in [0.4, 0.5) is 0 Å². The van der Waals surface area contributed by atoms with Crippen LogP contribution in [0.15, 0.2) is 0 Å². The van der Waals surface area contributed by atoms with E-state index in [4.69, 9.17) is 9.68 Å². The van der Waals surface area contributed by atoms with Gasteiger partial charge in [-0.15, -0.1) is 0 Å². The summed E-state index contributed by atoms with van der Waals surface area (Å²) in [4.78, 5) is 32.7. The molecular formula is C18H37NNa2O4. The summed E-state index contributed by atoms with van der Waals surface area (Å²) in [6.45, 7) is 6.10. The summed E-state index contributed by atoms with van der Waals surface area (Å²) in [6, 6.07) is 0. The third-order valence-corrected chi connectivity index (χ3v) is 3.68. The van der Waals surface area contributed by atoms with Crippen molar-refractivity contribution in [3.8, 4) is 0 Å². The average Bonchev–Trinajstić information content (AvgIpc) is 2.55. The summed E-state index contributed by atoms with van der Waals surface area (Å²) >= 11 is 0. The SMILES string of the molecule is CCCCCCCCCCCCN(OC(=O)CC)OC(=O)CC.[NaH].[NaH]. The van der Waals surface area contributed by atoms with Crippen LogP contribution in [0.1, 0.15) is 97.8 Å². The molecule has 7 heteroatoms. The number of carbonyl (C=O) groups is 2. The van der Waals surface area contributed by atoms with Gasteiger partial charge in [0.05, 0.1) is 6.54 Å². The van der Waals surface area contributed by atoms with Crippen molar-refractivity contribution in [1.82, 2.24) is 5.23 Å². The van der Waals surface area contributed by atoms with Crippen LogP contribution in [0.2, 0.25) is 0 Å². The van der Waals surface area contributed by atoms with E-state index in [1.54, 1.807) is 13.8 Å². The van der Waals surface area contributed by atoms with E-state index in [0.717, 1.165) is 18.1 Å². The van der Waals surface area contributed by atoms with Gasteiger partial charge in [-0.05, 0) is 6.42 Å². The van der Waals surface area contributed by atoms with Crippen molar-refractivity contribution in [3.05, 3.63) is 0 Å². The standard InChI is InChI=1S/C18H35NO4.2Na.2H/c1-4-7-8-9-10-11-12-13-14-15-16-19(22-17(20)5-2)23-18(21)6-3;;;;/h4-16H2,1-3H3;;;;. The summed E-state index contributed by atoms with van der Waals surface area (Å²) in [5, 5.41) is 1.04. The van der Waals surface area contributed by atoms with E-state index in [0.29, 0.717) is 6.54 Å². The van der Waals surface area contributed by atoms with Crippen LogP contribution < -0.4 is 0 Å². The first kappa shape index (κ1) is 30.6. The van der Waals surface area contributed by atoms with Crippen LogP contribution in [0.25, 0.3) is 0 Å². The molecule has 0 aliphatic carbocycles. The van der Waals surface area contributed by atoms with Gasteiger partial charge in [0.2, 0.25) is 0 Å². The Bertz CT molecular complexity index is 299. The second kappa shape index (κ2) is 22.9. The molecule has 0 spiro atoms. The molecule has 0 aromatic heterocycles. The van der Waals surface area contributed by atoms with Gasteiger partial charge in [-0.2, -0.15) is 0 Å². The van der Waals surface area contributed by atoms with Gasteiger partial charge in [-0.3, -0.25) is 9.59 Å². The van der Waals surface area contributed by atoms with Crippen molar-refractivity contribution in [2.75, 3.05) is 6.54 Å². The molecule has 0 aliphatic heterocycles. The molecule has 0 saturated carbocycles. The first-order chi connectivity index (χ1) is 11.1. The van der Waals surface area contributed by atoms with Crippen LogP contribution in [0.3, 0.4) is 0 Å². The Labute approximate surface area is 198 Å². The van der Waals surface area contributed by atoms with E-state index in [1.807, 2.05) is 0 Å². The van der Waals surface area contributed by atoms with E-state index in [9.17, 15) is 9.59 Å². The Balaban J connectivity index is -0.00000242. The third-order valence-electron chi connectivity index (χ3n) is 3.68. The topological polar surface area (TPSA) is 55.8 Å². The molecule has 0 amide bonds. The maximum atomic E-state index is 11.3. The van der Waals surface area contributed by atoms with Gasteiger partial charge in [0.25, 0.3) is 0 Å². The van der Waals surface area contributed by atoms with Gasteiger partial charge < -0.3 is 9.68 Å². The van der Waals surface area contributed by atoms with Crippen LogP contribution in [-0.2, 0) is 19.3 Å². The molecule has 0 heterocycles. The van der Waals surface area contributed by atoms with Gasteiger partial charge >= 0.3 is 71.1 Å². The predicted molar refractivity (Wildman–Crippen MR) is 106 cm³/mol. The molecule has 0 fully saturated rings. The van der Waals surface area contributed by atoms with Crippen LogP contribution in [0, 0.1) is 0 Å². The van der Waals surface area contributed by atoms with Gasteiger partial charge in [-0.1, -0.05) is 78.6 Å². The molecule has 0 unspecified atom stereocenters. The second-order valence-electron chi connectivity index (χ2n) is 5.87. The molecule has 0 radical (unpaired) electrons. The summed E-state index contributed by atoms with van der Waals surface area (Å²) in [6.07, 6.45) is 12.8. The zero-order valence-electron chi connectivity index (χ0n) is 15.3. The monoisotopic (exact) mass is 377 g/mol. The number of hydrogen-bond donors (Lipinski definition) is 0. The molecule has 5 nitrogen and oxygen atoms in total. The zero-order chi connectivity index (χ0) is 17.3. The Kier molecular flexibility index (Phi) is 28.1. The Hall–Kier alpha value is 0.900. The van der Waals surface area contributed by atoms with Gasteiger partial charge in [0, 0.05) is 18.1 Å². The van der Waals surface area contributed by atoms with Crippen molar-refractivity contribution in [3.63, 3.8) is 0 Å².